The van der Waals surface area contributed by atoms with E-state index in [0.717, 1.165) is 56.0 Å². The third-order valence-electron chi connectivity index (χ3n) is 7.52. The Balaban J connectivity index is 1.47. The SMILES string of the molecule is Cc1c(CC(=O)c2ccnc(C(F)F)c2)cc(C#N)cc1CN1CCN(C(=O)C2CCCC2)[C@@H](C)C1. The summed E-state index contributed by atoms with van der Waals surface area (Å²) in [5.41, 5.74) is 2.81. The number of carbonyl (C=O) groups excluding carboxylic acids is 2. The van der Waals surface area contributed by atoms with Gasteiger partial charge in [-0.05, 0) is 67.6 Å². The van der Waals surface area contributed by atoms with Gasteiger partial charge in [0.1, 0.15) is 5.69 Å². The molecule has 6 nitrogen and oxygen atoms in total. The fraction of sp³-hybridized carbons (Fsp3) is 0.500. The summed E-state index contributed by atoms with van der Waals surface area (Å²) in [6, 6.07) is 8.41. The van der Waals surface area contributed by atoms with E-state index in [1.807, 2.05) is 17.9 Å². The molecule has 8 heteroatoms. The van der Waals surface area contributed by atoms with Gasteiger partial charge in [0.25, 0.3) is 6.43 Å². The second-order valence-corrected chi connectivity index (χ2v) is 10.00. The molecule has 2 fully saturated rings. The number of benzene rings is 1. The van der Waals surface area contributed by atoms with Gasteiger partial charge in [-0.25, -0.2) is 8.78 Å². The number of ketones is 1. The number of Topliss-reactive ketones (excluding diaryl/α,β-unsaturated/α-hetero) is 1. The van der Waals surface area contributed by atoms with E-state index < -0.39 is 12.1 Å². The molecule has 2 heterocycles. The molecule has 0 unspecified atom stereocenters. The number of halogens is 2. The number of nitriles is 1. The van der Waals surface area contributed by atoms with Gasteiger partial charge in [0.15, 0.2) is 5.78 Å². The predicted molar refractivity (Wildman–Crippen MR) is 132 cm³/mol. The molecule has 0 bridgehead atoms. The van der Waals surface area contributed by atoms with Gasteiger partial charge in [-0.15, -0.1) is 0 Å². The number of hydrogen-bond acceptors (Lipinski definition) is 5. The fourth-order valence-corrected chi connectivity index (χ4v) is 5.42. The number of piperazine rings is 1. The predicted octanol–water partition coefficient (Wildman–Crippen LogP) is 4.85. The van der Waals surface area contributed by atoms with Gasteiger partial charge in [0.2, 0.25) is 5.91 Å². The largest absolute Gasteiger partial charge is 0.337 e. The van der Waals surface area contributed by atoms with Crippen molar-refractivity contribution < 1.29 is 18.4 Å². The lowest BCUT2D eigenvalue weighted by Crippen LogP contribution is -2.54. The Morgan fingerprint density at radius 2 is 1.89 bits per heavy atom. The van der Waals surface area contributed by atoms with Gasteiger partial charge >= 0.3 is 0 Å². The highest BCUT2D eigenvalue weighted by molar-refractivity contribution is 5.97. The van der Waals surface area contributed by atoms with Gasteiger partial charge < -0.3 is 4.90 Å². The lowest BCUT2D eigenvalue weighted by Gasteiger charge is -2.41. The van der Waals surface area contributed by atoms with Gasteiger partial charge in [-0.2, -0.15) is 5.26 Å². The normalized spacial score (nSPS) is 19.0. The molecular weight excluding hydrogens is 462 g/mol. The third-order valence-corrected chi connectivity index (χ3v) is 7.52. The Hall–Kier alpha value is -3.18. The van der Waals surface area contributed by atoms with Crippen molar-refractivity contribution in [2.45, 2.75) is 65.0 Å². The minimum Gasteiger partial charge on any atom is -0.337 e. The number of aromatic nitrogens is 1. The lowest BCUT2D eigenvalue weighted by molar-refractivity contribution is -0.140. The second kappa shape index (κ2) is 11.3. The van der Waals surface area contributed by atoms with Gasteiger partial charge in [-0.3, -0.25) is 19.5 Å². The standard InChI is InChI=1S/C28H32F2N4O2/c1-18-16-33(9-10-34(18)28(36)21-5-3-4-6-21)17-24-12-20(15-31)11-23(19(24)2)14-26(35)22-7-8-32-25(13-22)27(29)30/h7-8,11-13,18,21,27H,3-6,9-10,14,16-17H2,1-2H3/t18-/m0/s1. The number of pyridine rings is 1. The van der Waals surface area contributed by atoms with Crippen LogP contribution in [-0.4, -0.2) is 52.2 Å². The van der Waals surface area contributed by atoms with Gasteiger partial charge in [0.05, 0.1) is 11.6 Å². The number of nitrogens with zero attached hydrogens (tertiary/aromatic N) is 4. The highest BCUT2D eigenvalue weighted by Crippen LogP contribution is 2.29. The maximum Gasteiger partial charge on any atom is 0.280 e. The Morgan fingerprint density at radius 1 is 1.17 bits per heavy atom. The van der Waals surface area contributed by atoms with Crippen molar-refractivity contribution in [1.82, 2.24) is 14.8 Å². The summed E-state index contributed by atoms with van der Waals surface area (Å²) in [5, 5.41) is 9.59. The number of carbonyl (C=O) groups is 2. The van der Waals surface area contributed by atoms with Crippen LogP contribution in [0.2, 0.25) is 0 Å². The van der Waals surface area contributed by atoms with Crippen molar-refractivity contribution in [1.29, 1.82) is 5.26 Å². The van der Waals surface area contributed by atoms with E-state index in [2.05, 4.69) is 22.9 Å². The summed E-state index contributed by atoms with van der Waals surface area (Å²) in [5.74, 6) is 0.163. The number of amides is 1. The quantitative estimate of drug-likeness (QED) is 0.515. The van der Waals surface area contributed by atoms with E-state index >= 15 is 0 Å². The molecule has 4 rings (SSSR count). The monoisotopic (exact) mass is 494 g/mol. The summed E-state index contributed by atoms with van der Waals surface area (Å²) in [6.07, 6.45) is 2.76. The molecule has 1 saturated carbocycles. The van der Waals surface area contributed by atoms with E-state index in [1.54, 1.807) is 6.07 Å². The molecule has 2 aromatic rings. The van der Waals surface area contributed by atoms with E-state index in [0.29, 0.717) is 24.2 Å². The zero-order chi connectivity index (χ0) is 25.8. The molecule has 190 valence electrons. The zero-order valence-corrected chi connectivity index (χ0v) is 20.8. The Bertz CT molecular complexity index is 1170. The Morgan fingerprint density at radius 3 is 2.56 bits per heavy atom. The summed E-state index contributed by atoms with van der Waals surface area (Å²) >= 11 is 0. The minimum absolute atomic E-state index is 0.0150. The van der Waals surface area contributed by atoms with E-state index in [9.17, 15) is 23.6 Å². The highest BCUT2D eigenvalue weighted by atomic mass is 19.3. The lowest BCUT2D eigenvalue weighted by atomic mass is 9.93. The van der Waals surface area contributed by atoms with Crippen LogP contribution < -0.4 is 0 Å². The van der Waals surface area contributed by atoms with Gasteiger partial charge in [-0.1, -0.05) is 12.8 Å². The fourth-order valence-electron chi connectivity index (χ4n) is 5.42. The molecule has 2 aliphatic rings. The van der Waals surface area contributed by atoms with Crippen molar-refractivity contribution in [3.05, 3.63) is 64.0 Å². The molecular formula is C28H32F2N4O2. The van der Waals surface area contributed by atoms with Crippen LogP contribution in [-0.2, 0) is 17.8 Å². The number of alkyl halides is 2. The van der Waals surface area contributed by atoms with Crippen molar-refractivity contribution in [2.24, 2.45) is 5.92 Å². The molecule has 0 N–H and O–H groups in total. The van der Waals surface area contributed by atoms with Crippen LogP contribution in [0.1, 0.15) is 77.3 Å². The van der Waals surface area contributed by atoms with E-state index in [-0.39, 0.29) is 35.6 Å². The topological polar surface area (TPSA) is 77.3 Å². The summed E-state index contributed by atoms with van der Waals surface area (Å²) in [4.78, 5) is 33.8. The first-order chi connectivity index (χ1) is 17.3. The first-order valence-electron chi connectivity index (χ1n) is 12.6. The smallest absolute Gasteiger partial charge is 0.280 e. The molecule has 1 aromatic heterocycles. The molecule has 0 spiro atoms. The average Bonchev–Trinajstić information content (AvgIpc) is 3.41. The molecule has 1 saturated heterocycles. The number of rotatable bonds is 7. The van der Waals surface area contributed by atoms with Crippen LogP contribution in [0.15, 0.2) is 30.5 Å². The zero-order valence-electron chi connectivity index (χ0n) is 20.8. The van der Waals surface area contributed by atoms with Crippen LogP contribution in [0.5, 0.6) is 0 Å². The summed E-state index contributed by atoms with van der Waals surface area (Å²) in [7, 11) is 0. The van der Waals surface area contributed by atoms with Crippen LogP contribution >= 0.6 is 0 Å². The third kappa shape index (κ3) is 5.79. The summed E-state index contributed by atoms with van der Waals surface area (Å²) in [6.45, 7) is 6.82. The van der Waals surface area contributed by atoms with Crippen molar-refractivity contribution in [3.8, 4) is 6.07 Å². The van der Waals surface area contributed by atoms with Crippen molar-refractivity contribution in [2.75, 3.05) is 19.6 Å². The first kappa shape index (κ1) is 25.9. The summed E-state index contributed by atoms with van der Waals surface area (Å²) < 4.78 is 26.0. The van der Waals surface area contributed by atoms with E-state index in [1.165, 1.54) is 12.3 Å². The highest BCUT2D eigenvalue weighted by Gasteiger charge is 2.33. The second-order valence-electron chi connectivity index (χ2n) is 10.00. The molecule has 36 heavy (non-hydrogen) atoms. The molecule has 1 aromatic carbocycles. The van der Waals surface area contributed by atoms with E-state index in [4.69, 9.17) is 0 Å². The minimum atomic E-state index is -2.75. The molecule has 1 aliphatic heterocycles. The maximum absolute atomic E-state index is 13.0. The molecule has 1 amide bonds. The van der Waals surface area contributed by atoms with Crippen LogP contribution in [0, 0.1) is 24.2 Å². The first-order valence-corrected chi connectivity index (χ1v) is 12.6. The van der Waals surface area contributed by atoms with Crippen molar-refractivity contribution >= 4 is 11.7 Å². The Labute approximate surface area is 210 Å². The molecule has 1 aliphatic carbocycles. The average molecular weight is 495 g/mol. The van der Waals surface area contributed by atoms with Crippen LogP contribution in [0.3, 0.4) is 0 Å². The van der Waals surface area contributed by atoms with Crippen LogP contribution in [0.4, 0.5) is 8.78 Å². The Kier molecular flexibility index (Phi) is 8.10. The van der Waals surface area contributed by atoms with Crippen LogP contribution in [0.25, 0.3) is 0 Å². The maximum atomic E-state index is 13.0. The number of hydrogen-bond donors (Lipinski definition) is 0. The molecule has 0 radical (unpaired) electrons. The van der Waals surface area contributed by atoms with Gasteiger partial charge in [0, 0.05) is 56.3 Å². The van der Waals surface area contributed by atoms with Crippen molar-refractivity contribution in [3.63, 3.8) is 0 Å². The molecule has 1 atom stereocenters.